The summed E-state index contributed by atoms with van der Waals surface area (Å²) in [7, 11) is -0.425. The molecule has 1 heterocycles. The van der Waals surface area contributed by atoms with E-state index in [0.717, 1.165) is 16.6 Å². The number of rotatable bonds is 4. The summed E-state index contributed by atoms with van der Waals surface area (Å²) in [5.74, 6) is 0.813. The standard InChI is InChI=1S/C20H31BO4/c1-12(2)16-10-15(21-24-19(6,7)20(8,9)25-21)11-17(13(3)4)18(16)23-14(5)22/h10-13H,1-9H3. The van der Waals surface area contributed by atoms with Crippen LogP contribution in [0.15, 0.2) is 12.1 Å². The minimum Gasteiger partial charge on any atom is -0.426 e. The molecular formula is C20H31BO4. The molecule has 0 aromatic heterocycles. The highest BCUT2D eigenvalue weighted by Crippen LogP contribution is 2.38. The minimum absolute atomic E-state index is 0.217. The molecule has 0 amide bonds. The van der Waals surface area contributed by atoms with E-state index < -0.39 is 7.12 Å². The van der Waals surface area contributed by atoms with Crippen LogP contribution in [0.5, 0.6) is 5.75 Å². The summed E-state index contributed by atoms with van der Waals surface area (Å²) in [5.41, 5.74) is 2.21. The average molecular weight is 346 g/mol. The molecule has 0 spiro atoms. The molecule has 5 heteroatoms. The van der Waals surface area contributed by atoms with Crippen LogP contribution in [-0.4, -0.2) is 24.3 Å². The van der Waals surface area contributed by atoms with E-state index >= 15 is 0 Å². The van der Waals surface area contributed by atoms with Crippen LogP contribution in [0.1, 0.15) is 85.3 Å². The monoisotopic (exact) mass is 346 g/mol. The number of hydrogen-bond acceptors (Lipinski definition) is 4. The van der Waals surface area contributed by atoms with Gasteiger partial charge in [-0.2, -0.15) is 0 Å². The van der Waals surface area contributed by atoms with E-state index in [0.29, 0.717) is 5.75 Å². The summed E-state index contributed by atoms with van der Waals surface area (Å²) >= 11 is 0. The second-order valence-electron chi connectivity index (χ2n) is 8.52. The predicted molar refractivity (Wildman–Crippen MR) is 102 cm³/mol. The van der Waals surface area contributed by atoms with Gasteiger partial charge in [-0.15, -0.1) is 0 Å². The summed E-state index contributed by atoms with van der Waals surface area (Å²) in [6.07, 6.45) is 0. The Bertz CT molecular complexity index is 617. The zero-order valence-corrected chi connectivity index (χ0v) is 17.0. The average Bonchev–Trinajstić information content (AvgIpc) is 2.66. The maximum Gasteiger partial charge on any atom is 0.494 e. The van der Waals surface area contributed by atoms with E-state index in [9.17, 15) is 4.79 Å². The van der Waals surface area contributed by atoms with E-state index in [1.165, 1.54) is 6.92 Å². The molecule has 0 aliphatic carbocycles. The van der Waals surface area contributed by atoms with Crippen molar-refractivity contribution in [3.63, 3.8) is 0 Å². The molecule has 1 aromatic carbocycles. The summed E-state index contributed by atoms with van der Waals surface area (Å²) < 4.78 is 18.0. The van der Waals surface area contributed by atoms with Gasteiger partial charge in [-0.25, -0.2) is 0 Å². The molecule has 0 atom stereocenters. The maximum atomic E-state index is 11.6. The van der Waals surface area contributed by atoms with Crippen LogP contribution in [-0.2, 0) is 14.1 Å². The van der Waals surface area contributed by atoms with Gasteiger partial charge in [0.05, 0.1) is 11.2 Å². The molecule has 2 rings (SSSR count). The second-order valence-corrected chi connectivity index (χ2v) is 8.52. The lowest BCUT2D eigenvalue weighted by Gasteiger charge is -2.32. The van der Waals surface area contributed by atoms with Gasteiger partial charge in [0.2, 0.25) is 0 Å². The number of carbonyl (C=O) groups is 1. The molecule has 25 heavy (non-hydrogen) atoms. The second kappa shape index (κ2) is 6.77. The molecule has 0 bridgehead atoms. The first-order valence-corrected chi connectivity index (χ1v) is 9.07. The molecule has 0 N–H and O–H groups in total. The predicted octanol–water partition coefficient (Wildman–Crippen LogP) is 4.16. The number of ether oxygens (including phenoxy) is 1. The normalized spacial score (nSPS) is 18.9. The first-order chi connectivity index (χ1) is 11.4. The van der Waals surface area contributed by atoms with Crippen LogP contribution in [0.4, 0.5) is 0 Å². The third kappa shape index (κ3) is 3.93. The Morgan fingerprint density at radius 1 is 0.960 bits per heavy atom. The molecule has 0 unspecified atom stereocenters. The number of hydrogen-bond donors (Lipinski definition) is 0. The van der Waals surface area contributed by atoms with Crippen LogP contribution in [0.25, 0.3) is 0 Å². The van der Waals surface area contributed by atoms with Crippen LogP contribution in [0.3, 0.4) is 0 Å². The summed E-state index contributed by atoms with van der Waals surface area (Å²) in [4.78, 5) is 11.6. The quantitative estimate of drug-likeness (QED) is 0.467. The van der Waals surface area contributed by atoms with Gasteiger partial charge in [0, 0.05) is 6.92 Å². The van der Waals surface area contributed by atoms with Gasteiger partial charge in [0.15, 0.2) is 0 Å². The highest BCUT2D eigenvalue weighted by atomic mass is 16.7. The van der Waals surface area contributed by atoms with Gasteiger partial charge in [-0.3, -0.25) is 4.79 Å². The lowest BCUT2D eigenvalue weighted by Crippen LogP contribution is -2.41. The fourth-order valence-electron chi connectivity index (χ4n) is 2.93. The highest BCUT2D eigenvalue weighted by Gasteiger charge is 2.52. The zero-order valence-electron chi connectivity index (χ0n) is 17.0. The lowest BCUT2D eigenvalue weighted by molar-refractivity contribution is -0.132. The topological polar surface area (TPSA) is 44.8 Å². The smallest absolute Gasteiger partial charge is 0.426 e. The molecule has 1 aromatic rings. The summed E-state index contributed by atoms with van der Waals surface area (Å²) in [5, 5.41) is 0. The van der Waals surface area contributed by atoms with Crippen molar-refractivity contribution in [2.75, 3.05) is 0 Å². The number of esters is 1. The van der Waals surface area contributed by atoms with E-state index in [2.05, 4.69) is 39.8 Å². The molecule has 1 aliphatic heterocycles. The van der Waals surface area contributed by atoms with Gasteiger partial charge >= 0.3 is 13.1 Å². The molecule has 4 nitrogen and oxygen atoms in total. The van der Waals surface area contributed by atoms with Crippen LogP contribution >= 0.6 is 0 Å². The van der Waals surface area contributed by atoms with Crippen LogP contribution < -0.4 is 10.2 Å². The van der Waals surface area contributed by atoms with Gasteiger partial charge < -0.3 is 14.0 Å². The van der Waals surface area contributed by atoms with Crippen molar-refractivity contribution in [1.29, 1.82) is 0 Å². The van der Waals surface area contributed by atoms with E-state index in [1.54, 1.807) is 0 Å². The molecule has 0 radical (unpaired) electrons. The summed E-state index contributed by atoms with van der Waals surface area (Å²) in [6.45, 7) is 18.0. The third-order valence-corrected chi connectivity index (χ3v) is 5.18. The highest BCUT2D eigenvalue weighted by molar-refractivity contribution is 6.62. The van der Waals surface area contributed by atoms with Crippen LogP contribution in [0, 0.1) is 0 Å². The Balaban J connectivity index is 2.56. The Morgan fingerprint density at radius 2 is 1.36 bits per heavy atom. The van der Waals surface area contributed by atoms with Crippen molar-refractivity contribution in [2.45, 2.75) is 85.4 Å². The van der Waals surface area contributed by atoms with E-state index in [-0.39, 0.29) is 29.0 Å². The van der Waals surface area contributed by atoms with Crippen molar-refractivity contribution in [3.8, 4) is 5.75 Å². The van der Waals surface area contributed by atoms with Crippen molar-refractivity contribution in [2.24, 2.45) is 0 Å². The van der Waals surface area contributed by atoms with Gasteiger partial charge in [0.1, 0.15) is 5.75 Å². The van der Waals surface area contributed by atoms with E-state index in [1.807, 2.05) is 27.7 Å². The Labute approximate surface area is 152 Å². The summed E-state index contributed by atoms with van der Waals surface area (Å²) in [6, 6.07) is 4.11. The molecule has 1 saturated heterocycles. The van der Waals surface area contributed by atoms with Crippen LogP contribution in [0.2, 0.25) is 0 Å². The zero-order chi connectivity index (χ0) is 19.2. The van der Waals surface area contributed by atoms with Crippen molar-refractivity contribution in [1.82, 2.24) is 0 Å². The van der Waals surface area contributed by atoms with Gasteiger partial charge in [0.25, 0.3) is 0 Å². The van der Waals surface area contributed by atoms with E-state index in [4.69, 9.17) is 14.0 Å². The SMILES string of the molecule is CC(=O)Oc1c(C(C)C)cc(B2OC(C)(C)C(C)(C)O2)cc1C(C)C. The first-order valence-electron chi connectivity index (χ1n) is 9.07. The largest absolute Gasteiger partial charge is 0.494 e. The van der Waals surface area contributed by atoms with Gasteiger partial charge in [-0.05, 0) is 56.1 Å². The fraction of sp³-hybridized carbons (Fsp3) is 0.650. The maximum absolute atomic E-state index is 11.6. The van der Waals surface area contributed by atoms with Crippen molar-refractivity contribution < 1.29 is 18.8 Å². The molecule has 0 saturated carbocycles. The lowest BCUT2D eigenvalue weighted by atomic mass is 9.75. The third-order valence-electron chi connectivity index (χ3n) is 5.18. The fourth-order valence-corrected chi connectivity index (χ4v) is 2.93. The molecule has 138 valence electrons. The molecular weight excluding hydrogens is 315 g/mol. The Morgan fingerprint density at radius 3 is 1.68 bits per heavy atom. The van der Waals surface area contributed by atoms with Crippen molar-refractivity contribution in [3.05, 3.63) is 23.3 Å². The van der Waals surface area contributed by atoms with Crippen molar-refractivity contribution >= 4 is 18.6 Å². The Kier molecular flexibility index (Phi) is 5.41. The Hall–Kier alpha value is -1.33. The minimum atomic E-state index is -0.425. The molecule has 1 aliphatic rings. The first kappa shape index (κ1) is 20.0. The van der Waals surface area contributed by atoms with Gasteiger partial charge in [-0.1, -0.05) is 39.8 Å². The molecule has 1 fully saturated rings. The number of benzene rings is 1. The number of carbonyl (C=O) groups excluding carboxylic acids is 1.